The summed E-state index contributed by atoms with van der Waals surface area (Å²) >= 11 is 1.34. The Morgan fingerprint density at radius 2 is 1.59 bits per heavy atom. The van der Waals surface area contributed by atoms with Crippen molar-refractivity contribution in [1.82, 2.24) is 0 Å². The lowest BCUT2D eigenvalue weighted by atomic mass is 9.99. The fourth-order valence-corrected chi connectivity index (χ4v) is 4.81. The number of aryl methyl sites for hydroxylation is 3. The number of esters is 1. The summed E-state index contributed by atoms with van der Waals surface area (Å²) < 4.78 is 5.33. The topological polar surface area (TPSA) is 55.4 Å². The summed E-state index contributed by atoms with van der Waals surface area (Å²) in [7, 11) is 0. The second-order valence-electron chi connectivity index (χ2n) is 8.04. The van der Waals surface area contributed by atoms with Crippen molar-refractivity contribution in [1.29, 1.82) is 0 Å². The average molecular weight is 470 g/mol. The van der Waals surface area contributed by atoms with E-state index in [9.17, 15) is 9.59 Å². The van der Waals surface area contributed by atoms with Crippen LogP contribution in [0, 0.1) is 6.92 Å². The lowest BCUT2D eigenvalue weighted by molar-refractivity contribution is 0.0529. The van der Waals surface area contributed by atoms with E-state index in [4.69, 9.17) is 4.74 Å². The summed E-state index contributed by atoms with van der Waals surface area (Å²) in [4.78, 5) is 26.2. The van der Waals surface area contributed by atoms with Crippen molar-refractivity contribution in [3.8, 4) is 11.1 Å². The second kappa shape index (κ2) is 10.9. The van der Waals surface area contributed by atoms with Crippen LogP contribution in [0.15, 0.2) is 84.2 Å². The Morgan fingerprint density at radius 1 is 0.882 bits per heavy atom. The fraction of sp³-hybridized carbons (Fsp3) is 0.172. The zero-order valence-corrected chi connectivity index (χ0v) is 20.2. The highest BCUT2D eigenvalue weighted by Crippen LogP contribution is 2.36. The molecule has 5 heteroatoms. The Labute approximate surface area is 204 Å². The number of rotatable bonds is 8. The SMILES string of the molecule is CCOC(=O)c1c(-c2ccc(C)cc2)csc1NC(=O)c1ccccc1CCc1ccccc1. The van der Waals surface area contributed by atoms with E-state index < -0.39 is 5.97 Å². The number of anilines is 1. The van der Waals surface area contributed by atoms with E-state index in [-0.39, 0.29) is 12.5 Å². The maximum atomic E-state index is 13.3. The Bertz CT molecular complexity index is 1280. The lowest BCUT2D eigenvalue weighted by Crippen LogP contribution is -2.16. The average Bonchev–Trinajstić information content (AvgIpc) is 3.27. The molecule has 0 fully saturated rings. The lowest BCUT2D eigenvalue weighted by Gasteiger charge is -2.12. The summed E-state index contributed by atoms with van der Waals surface area (Å²) in [5, 5.41) is 5.38. The molecule has 34 heavy (non-hydrogen) atoms. The van der Waals surface area contributed by atoms with Gasteiger partial charge < -0.3 is 10.1 Å². The third-order valence-corrected chi connectivity index (χ3v) is 6.54. The number of nitrogens with one attached hydrogen (secondary N) is 1. The standard InChI is InChI=1S/C29H27NO3S/c1-3-33-29(32)26-25(23-16-13-20(2)14-17-23)19-34-28(26)30-27(31)24-12-8-7-11-22(24)18-15-21-9-5-4-6-10-21/h4-14,16-17,19H,3,15,18H2,1-2H3,(H,30,31). The predicted molar refractivity (Wildman–Crippen MR) is 139 cm³/mol. The number of carbonyl (C=O) groups is 2. The van der Waals surface area contributed by atoms with Crippen LogP contribution < -0.4 is 5.32 Å². The van der Waals surface area contributed by atoms with Crippen LogP contribution in [0.3, 0.4) is 0 Å². The molecule has 4 nitrogen and oxygen atoms in total. The van der Waals surface area contributed by atoms with Crippen LogP contribution in [0.25, 0.3) is 11.1 Å². The quantitative estimate of drug-likeness (QED) is 0.284. The van der Waals surface area contributed by atoms with Gasteiger partial charge in [0.05, 0.1) is 6.61 Å². The Hall–Kier alpha value is -3.70. The van der Waals surface area contributed by atoms with Crippen molar-refractivity contribution >= 4 is 28.2 Å². The molecular weight excluding hydrogens is 442 g/mol. The van der Waals surface area contributed by atoms with E-state index >= 15 is 0 Å². The number of thiophene rings is 1. The third-order valence-electron chi connectivity index (χ3n) is 5.65. The Kier molecular flexibility index (Phi) is 7.55. The number of benzene rings is 3. The molecule has 0 atom stereocenters. The molecule has 0 unspecified atom stereocenters. The summed E-state index contributed by atoms with van der Waals surface area (Å²) in [6, 6.07) is 25.8. The van der Waals surface area contributed by atoms with Crippen molar-refractivity contribution in [2.45, 2.75) is 26.7 Å². The van der Waals surface area contributed by atoms with Crippen molar-refractivity contribution < 1.29 is 14.3 Å². The largest absolute Gasteiger partial charge is 0.462 e. The molecule has 3 aromatic carbocycles. The van der Waals surface area contributed by atoms with Crippen LogP contribution in [0.1, 0.15) is 44.3 Å². The molecule has 1 heterocycles. The molecule has 0 radical (unpaired) electrons. The third kappa shape index (κ3) is 5.43. The summed E-state index contributed by atoms with van der Waals surface area (Å²) in [6.07, 6.45) is 1.59. The molecule has 0 saturated carbocycles. The van der Waals surface area contributed by atoms with E-state index in [2.05, 4.69) is 17.4 Å². The van der Waals surface area contributed by atoms with Gasteiger partial charge in [0.15, 0.2) is 0 Å². The summed E-state index contributed by atoms with van der Waals surface area (Å²) in [6.45, 7) is 4.05. The normalized spacial score (nSPS) is 10.6. The zero-order valence-electron chi connectivity index (χ0n) is 19.3. The monoisotopic (exact) mass is 469 g/mol. The maximum Gasteiger partial charge on any atom is 0.341 e. The highest BCUT2D eigenvalue weighted by Gasteiger charge is 2.23. The number of ether oxygens (including phenoxy) is 1. The van der Waals surface area contributed by atoms with Crippen molar-refractivity contribution in [3.63, 3.8) is 0 Å². The maximum absolute atomic E-state index is 13.3. The molecule has 1 aromatic heterocycles. The summed E-state index contributed by atoms with van der Waals surface area (Å²) in [5.74, 6) is -0.668. The fourth-order valence-electron chi connectivity index (χ4n) is 3.86. The van der Waals surface area contributed by atoms with Crippen LogP contribution >= 0.6 is 11.3 Å². The molecule has 0 spiro atoms. The molecule has 4 rings (SSSR count). The minimum absolute atomic E-state index is 0.230. The van der Waals surface area contributed by atoms with Crippen LogP contribution in [0.4, 0.5) is 5.00 Å². The van der Waals surface area contributed by atoms with Gasteiger partial charge in [-0.05, 0) is 49.4 Å². The van der Waals surface area contributed by atoms with Crippen LogP contribution in [0.2, 0.25) is 0 Å². The van der Waals surface area contributed by atoms with Gasteiger partial charge in [-0.3, -0.25) is 4.79 Å². The van der Waals surface area contributed by atoms with Gasteiger partial charge in [0.1, 0.15) is 10.6 Å². The van der Waals surface area contributed by atoms with Gasteiger partial charge in [0.25, 0.3) is 5.91 Å². The number of hydrogen-bond donors (Lipinski definition) is 1. The van der Waals surface area contributed by atoms with Crippen LogP contribution in [-0.4, -0.2) is 18.5 Å². The zero-order chi connectivity index (χ0) is 23.9. The van der Waals surface area contributed by atoms with E-state index in [0.717, 1.165) is 35.1 Å². The minimum atomic E-state index is -0.438. The van der Waals surface area contributed by atoms with Crippen LogP contribution in [-0.2, 0) is 17.6 Å². The van der Waals surface area contributed by atoms with Crippen molar-refractivity contribution in [2.24, 2.45) is 0 Å². The molecule has 1 N–H and O–H groups in total. The number of carbonyl (C=O) groups excluding carboxylic acids is 2. The molecule has 4 aromatic rings. The predicted octanol–water partition coefficient (Wildman–Crippen LogP) is 6.94. The second-order valence-corrected chi connectivity index (χ2v) is 8.92. The summed E-state index contributed by atoms with van der Waals surface area (Å²) in [5.41, 5.74) is 6.01. The highest BCUT2D eigenvalue weighted by atomic mass is 32.1. The van der Waals surface area contributed by atoms with Crippen molar-refractivity contribution in [2.75, 3.05) is 11.9 Å². The number of hydrogen-bond acceptors (Lipinski definition) is 4. The first kappa shape index (κ1) is 23.5. The molecule has 0 bridgehead atoms. The van der Waals surface area contributed by atoms with Gasteiger partial charge in [-0.25, -0.2) is 4.79 Å². The molecule has 0 aliphatic heterocycles. The smallest absolute Gasteiger partial charge is 0.341 e. The molecular formula is C29H27NO3S. The number of amides is 1. The van der Waals surface area contributed by atoms with Gasteiger partial charge in [0, 0.05) is 16.5 Å². The minimum Gasteiger partial charge on any atom is -0.462 e. The first-order valence-electron chi connectivity index (χ1n) is 11.4. The molecule has 0 aliphatic carbocycles. The Morgan fingerprint density at radius 3 is 2.32 bits per heavy atom. The molecule has 172 valence electrons. The van der Waals surface area contributed by atoms with E-state index in [0.29, 0.717) is 16.1 Å². The van der Waals surface area contributed by atoms with E-state index in [1.165, 1.54) is 16.9 Å². The van der Waals surface area contributed by atoms with Crippen LogP contribution in [0.5, 0.6) is 0 Å². The van der Waals surface area contributed by atoms with E-state index in [1.807, 2.05) is 79.0 Å². The Balaban J connectivity index is 1.61. The highest BCUT2D eigenvalue weighted by molar-refractivity contribution is 7.15. The first-order valence-corrected chi connectivity index (χ1v) is 12.2. The van der Waals surface area contributed by atoms with Gasteiger partial charge in [0.2, 0.25) is 0 Å². The van der Waals surface area contributed by atoms with Gasteiger partial charge in [-0.15, -0.1) is 11.3 Å². The molecule has 1 amide bonds. The van der Waals surface area contributed by atoms with Gasteiger partial charge in [-0.2, -0.15) is 0 Å². The molecule has 0 saturated heterocycles. The van der Waals surface area contributed by atoms with Crippen molar-refractivity contribution in [3.05, 3.63) is 112 Å². The van der Waals surface area contributed by atoms with Gasteiger partial charge >= 0.3 is 5.97 Å². The van der Waals surface area contributed by atoms with Gasteiger partial charge in [-0.1, -0.05) is 78.4 Å². The first-order chi connectivity index (χ1) is 16.6. The van der Waals surface area contributed by atoms with E-state index in [1.54, 1.807) is 6.92 Å². The molecule has 0 aliphatic rings.